The number of benzene rings is 1. The zero-order valence-electron chi connectivity index (χ0n) is 9.27. The van der Waals surface area contributed by atoms with E-state index in [0.29, 0.717) is 22.4 Å². The van der Waals surface area contributed by atoms with Gasteiger partial charge in [-0.1, -0.05) is 17.7 Å². The molecule has 2 aromatic rings. The lowest BCUT2D eigenvalue weighted by molar-refractivity contribution is 0.398. The van der Waals surface area contributed by atoms with Gasteiger partial charge < -0.3 is 15.8 Å². The summed E-state index contributed by atoms with van der Waals surface area (Å²) < 4.78 is 5.04. The standard InChI is InChI=1S/C12H12ClN3O/c1-17-11-6-5-10(14)12(16-11)15-9-4-2-3-8(13)7-9/h2-7H,14H2,1H3,(H,15,16). The number of ether oxygens (including phenoxy) is 1. The van der Waals surface area contributed by atoms with Gasteiger partial charge in [0.05, 0.1) is 12.8 Å². The molecule has 1 heterocycles. The molecule has 0 aliphatic carbocycles. The van der Waals surface area contributed by atoms with Crippen LogP contribution in [0.4, 0.5) is 17.2 Å². The van der Waals surface area contributed by atoms with Gasteiger partial charge in [0.25, 0.3) is 0 Å². The van der Waals surface area contributed by atoms with Crippen LogP contribution in [0.15, 0.2) is 36.4 Å². The van der Waals surface area contributed by atoms with Crippen LogP contribution in [-0.2, 0) is 0 Å². The predicted molar refractivity (Wildman–Crippen MR) is 69.9 cm³/mol. The molecule has 1 aromatic carbocycles. The average molecular weight is 250 g/mol. The molecule has 0 aliphatic rings. The molecule has 17 heavy (non-hydrogen) atoms. The summed E-state index contributed by atoms with van der Waals surface area (Å²) in [6, 6.07) is 10.8. The summed E-state index contributed by atoms with van der Waals surface area (Å²) in [7, 11) is 1.56. The third-order valence-corrected chi connectivity index (χ3v) is 2.43. The van der Waals surface area contributed by atoms with Crippen molar-refractivity contribution >= 4 is 28.8 Å². The molecule has 0 aliphatic heterocycles. The van der Waals surface area contributed by atoms with E-state index in [1.165, 1.54) is 0 Å². The van der Waals surface area contributed by atoms with E-state index in [9.17, 15) is 0 Å². The molecule has 0 bridgehead atoms. The highest BCUT2D eigenvalue weighted by Gasteiger charge is 2.04. The quantitative estimate of drug-likeness (QED) is 0.878. The molecule has 0 fully saturated rings. The van der Waals surface area contributed by atoms with Gasteiger partial charge in [-0.2, -0.15) is 4.98 Å². The maximum absolute atomic E-state index is 5.89. The van der Waals surface area contributed by atoms with E-state index < -0.39 is 0 Å². The summed E-state index contributed by atoms with van der Waals surface area (Å²) in [6.07, 6.45) is 0. The second kappa shape index (κ2) is 4.93. The lowest BCUT2D eigenvalue weighted by atomic mass is 10.3. The van der Waals surface area contributed by atoms with Gasteiger partial charge >= 0.3 is 0 Å². The van der Waals surface area contributed by atoms with Crippen molar-refractivity contribution in [2.75, 3.05) is 18.2 Å². The first-order valence-corrected chi connectivity index (χ1v) is 5.40. The number of pyridine rings is 1. The van der Waals surface area contributed by atoms with Crippen LogP contribution >= 0.6 is 11.6 Å². The minimum Gasteiger partial charge on any atom is -0.481 e. The summed E-state index contributed by atoms with van der Waals surface area (Å²) in [6.45, 7) is 0. The lowest BCUT2D eigenvalue weighted by Gasteiger charge is -2.09. The van der Waals surface area contributed by atoms with E-state index >= 15 is 0 Å². The van der Waals surface area contributed by atoms with Gasteiger partial charge in [0.1, 0.15) is 0 Å². The number of nitrogens with zero attached hydrogens (tertiary/aromatic N) is 1. The SMILES string of the molecule is COc1ccc(N)c(Nc2cccc(Cl)c2)n1. The first-order chi connectivity index (χ1) is 8.19. The number of nitrogens with two attached hydrogens (primary N) is 1. The third-order valence-electron chi connectivity index (χ3n) is 2.20. The van der Waals surface area contributed by atoms with Crippen LogP contribution in [0.3, 0.4) is 0 Å². The minimum absolute atomic E-state index is 0.503. The number of anilines is 3. The monoisotopic (exact) mass is 249 g/mol. The second-order valence-electron chi connectivity index (χ2n) is 3.43. The molecule has 0 saturated heterocycles. The molecule has 0 spiro atoms. The Morgan fingerprint density at radius 2 is 2.12 bits per heavy atom. The molecule has 1 aromatic heterocycles. The molecule has 0 atom stereocenters. The highest BCUT2D eigenvalue weighted by molar-refractivity contribution is 6.30. The molecule has 0 amide bonds. The van der Waals surface area contributed by atoms with Crippen molar-refractivity contribution in [1.82, 2.24) is 4.98 Å². The van der Waals surface area contributed by atoms with E-state index in [0.717, 1.165) is 5.69 Å². The third kappa shape index (κ3) is 2.79. The Balaban J connectivity index is 2.29. The van der Waals surface area contributed by atoms with E-state index in [2.05, 4.69) is 10.3 Å². The van der Waals surface area contributed by atoms with Crippen molar-refractivity contribution in [2.24, 2.45) is 0 Å². The van der Waals surface area contributed by atoms with E-state index in [1.807, 2.05) is 12.1 Å². The van der Waals surface area contributed by atoms with Crippen LogP contribution in [0, 0.1) is 0 Å². The fourth-order valence-corrected chi connectivity index (χ4v) is 1.56. The largest absolute Gasteiger partial charge is 0.481 e. The van der Waals surface area contributed by atoms with Crippen LogP contribution < -0.4 is 15.8 Å². The molecule has 5 heteroatoms. The van der Waals surface area contributed by atoms with Gasteiger partial charge in [-0.3, -0.25) is 0 Å². The van der Waals surface area contributed by atoms with E-state index in [1.54, 1.807) is 31.4 Å². The van der Waals surface area contributed by atoms with Crippen LogP contribution in [0.2, 0.25) is 5.02 Å². The molecule has 0 saturated carbocycles. The summed E-state index contributed by atoms with van der Waals surface area (Å²) >= 11 is 5.89. The number of methoxy groups -OCH3 is 1. The Morgan fingerprint density at radius 1 is 1.29 bits per heavy atom. The Kier molecular flexibility index (Phi) is 3.35. The topological polar surface area (TPSA) is 60.2 Å². The average Bonchev–Trinajstić information content (AvgIpc) is 2.32. The zero-order valence-corrected chi connectivity index (χ0v) is 10.0. The van der Waals surface area contributed by atoms with Gasteiger partial charge in [0.2, 0.25) is 5.88 Å². The molecular weight excluding hydrogens is 238 g/mol. The molecule has 3 N–H and O–H groups in total. The van der Waals surface area contributed by atoms with Crippen molar-refractivity contribution in [3.63, 3.8) is 0 Å². The number of aromatic nitrogens is 1. The van der Waals surface area contributed by atoms with Gasteiger partial charge in [0.15, 0.2) is 5.82 Å². The Labute approximate surface area is 104 Å². The van der Waals surface area contributed by atoms with Gasteiger partial charge in [-0.25, -0.2) is 0 Å². The maximum Gasteiger partial charge on any atom is 0.215 e. The Hall–Kier alpha value is -1.94. The lowest BCUT2D eigenvalue weighted by Crippen LogP contribution is -2.00. The van der Waals surface area contributed by atoms with E-state index in [-0.39, 0.29) is 0 Å². The highest BCUT2D eigenvalue weighted by Crippen LogP contribution is 2.24. The number of nitrogens with one attached hydrogen (secondary N) is 1. The van der Waals surface area contributed by atoms with Crippen molar-refractivity contribution in [3.8, 4) is 5.88 Å². The molecule has 88 valence electrons. The second-order valence-corrected chi connectivity index (χ2v) is 3.86. The predicted octanol–water partition coefficient (Wildman–Crippen LogP) is 3.07. The van der Waals surface area contributed by atoms with E-state index in [4.69, 9.17) is 22.1 Å². The highest BCUT2D eigenvalue weighted by atomic mass is 35.5. The number of hydrogen-bond acceptors (Lipinski definition) is 4. The zero-order chi connectivity index (χ0) is 12.3. The van der Waals surface area contributed by atoms with Crippen molar-refractivity contribution < 1.29 is 4.74 Å². The Bertz CT molecular complexity index is 531. The van der Waals surface area contributed by atoms with Crippen LogP contribution in [0.25, 0.3) is 0 Å². The number of halogens is 1. The summed E-state index contributed by atoms with van der Waals surface area (Å²) in [4.78, 5) is 4.21. The Morgan fingerprint density at radius 3 is 2.82 bits per heavy atom. The van der Waals surface area contributed by atoms with Gasteiger partial charge in [0, 0.05) is 16.8 Å². The first-order valence-electron chi connectivity index (χ1n) is 5.02. The first kappa shape index (κ1) is 11.5. The van der Waals surface area contributed by atoms with Gasteiger partial charge in [-0.05, 0) is 24.3 Å². The van der Waals surface area contributed by atoms with Crippen LogP contribution in [0.5, 0.6) is 5.88 Å². The number of hydrogen-bond donors (Lipinski definition) is 2. The van der Waals surface area contributed by atoms with Gasteiger partial charge in [-0.15, -0.1) is 0 Å². The fraction of sp³-hybridized carbons (Fsp3) is 0.0833. The summed E-state index contributed by atoms with van der Waals surface area (Å²) in [5.74, 6) is 1.05. The summed E-state index contributed by atoms with van der Waals surface area (Å²) in [5, 5.41) is 3.74. The smallest absolute Gasteiger partial charge is 0.215 e. The molecule has 0 unspecified atom stereocenters. The molecule has 2 rings (SSSR count). The van der Waals surface area contributed by atoms with Crippen molar-refractivity contribution in [3.05, 3.63) is 41.4 Å². The molecular formula is C12H12ClN3O. The number of rotatable bonds is 3. The van der Waals surface area contributed by atoms with Crippen molar-refractivity contribution in [1.29, 1.82) is 0 Å². The van der Waals surface area contributed by atoms with Crippen LogP contribution in [-0.4, -0.2) is 12.1 Å². The fourth-order valence-electron chi connectivity index (χ4n) is 1.37. The van der Waals surface area contributed by atoms with Crippen LogP contribution in [0.1, 0.15) is 0 Å². The number of nitrogen functional groups attached to an aromatic ring is 1. The van der Waals surface area contributed by atoms with Crippen molar-refractivity contribution in [2.45, 2.75) is 0 Å². The normalized spacial score (nSPS) is 10.0. The molecule has 0 radical (unpaired) electrons. The molecule has 4 nitrogen and oxygen atoms in total. The summed E-state index contributed by atoms with van der Waals surface area (Å²) in [5.41, 5.74) is 7.19. The maximum atomic E-state index is 5.89. The minimum atomic E-state index is 0.503.